The summed E-state index contributed by atoms with van der Waals surface area (Å²) in [7, 11) is 1.78. The highest BCUT2D eigenvalue weighted by atomic mass is 16.4. The molecule has 0 aromatic carbocycles. The van der Waals surface area contributed by atoms with E-state index < -0.39 is 5.41 Å². The van der Waals surface area contributed by atoms with Gasteiger partial charge in [-0.3, -0.25) is 4.79 Å². The summed E-state index contributed by atoms with van der Waals surface area (Å²) in [6.45, 7) is 8.96. The van der Waals surface area contributed by atoms with Crippen LogP contribution in [0.15, 0.2) is 5.16 Å². The first-order chi connectivity index (χ1) is 8.12. The minimum Gasteiger partial charge on any atom is -0.409 e. The van der Waals surface area contributed by atoms with Crippen LogP contribution in [0, 0.1) is 16.7 Å². The molecule has 1 aliphatic rings. The van der Waals surface area contributed by atoms with Crippen LogP contribution in [0.5, 0.6) is 0 Å². The van der Waals surface area contributed by atoms with Gasteiger partial charge in [0.25, 0.3) is 0 Å². The average Bonchev–Trinajstić information content (AvgIpc) is 2.19. The van der Waals surface area contributed by atoms with E-state index >= 15 is 0 Å². The normalized spacial score (nSPS) is 28.7. The number of carbonyl (C=O) groups is 1. The summed E-state index contributed by atoms with van der Waals surface area (Å²) in [4.78, 5) is 14.2. The average molecular weight is 255 g/mol. The zero-order valence-corrected chi connectivity index (χ0v) is 12.0. The number of carbonyl (C=O) groups excluding carboxylic acids is 1. The maximum atomic E-state index is 12.5. The van der Waals surface area contributed by atoms with E-state index in [9.17, 15) is 4.79 Å². The molecule has 0 heterocycles. The Balaban J connectivity index is 2.86. The molecule has 5 heteroatoms. The quantitative estimate of drug-likeness (QED) is 0.348. The molecule has 0 aromatic heterocycles. The SMILES string of the molecule is CC1CC(C(=O)N(C)CC(C)(C)C)(C(N)=NO)C1. The molecule has 1 rings (SSSR count). The van der Waals surface area contributed by atoms with Crippen molar-refractivity contribution >= 4 is 11.7 Å². The van der Waals surface area contributed by atoms with Crippen molar-refractivity contribution in [3.05, 3.63) is 0 Å². The van der Waals surface area contributed by atoms with E-state index in [0.717, 1.165) is 0 Å². The van der Waals surface area contributed by atoms with Gasteiger partial charge in [0.15, 0.2) is 5.84 Å². The topological polar surface area (TPSA) is 78.9 Å². The second-order valence-electron chi connectivity index (χ2n) is 6.80. The van der Waals surface area contributed by atoms with Crippen molar-refractivity contribution in [1.29, 1.82) is 0 Å². The minimum absolute atomic E-state index is 0.0338. The van der Waals surface area contributed by atoms with Crippen LogP contribution in [0.4, 0.5) is 0 Å². The molecule has 18 heavy (non-hydrogen) atoms. The zero-order valence-electron chi connectivity index (χ0n) is 12.0. The second kappa shape index (κ2) is 4.78. The summed E-state index contributed by atoms with van der Waals surface area (Å²) < 4.78 is 0. The monoisotopic (exact) mass is 255 g/mol. The van der Waals surface area contributed by atoms with Gasteiger partial charge in [-0.05, 0) is 24.2 Å². The van der Waals surface area contributed by atoms with Crippen LogP contribution >= 0.6 is 0 Å². The van der Waals surface area contributed by atoms with Crippen molar-refractivity contribution in [3.8, 4) is 0 Å². The maximum Gasteiger partial charge on any atom is 0.236 e. The Labute approximate surface area is 109 Å². The third-order valence-electron chi connectivity index (χ3n) is 3.46. The minimum atomic E-state index is -0.784. The van der Waals surface area contributed by atoms with Crippen LogP contribution in [0.1, 0.15) is 40.5 Å². The van der Waals surface area contributed by atoms with E-state index in [1.807, 2.05) is 0 Å². The van der Waals surface area contributed by atoms with E-state index in [0.29, 0.717) is 25.3 Å². The van der Waals surface area contributed by atoms with Crippen molar-refractivity contribution in [3.63, 3.8) is 0 Å². The van der Waals surface area contributed by atoms with E-state index in [1.165, 1.54) is 0 Å². The predicted octanol–water partition coefficient (Wildman–Crippen LogP) is 1.65. The molecule has 1 fully saturated rings. The Morgan fingerprint density at radius 3 is 2.33 bits per heavy atom. The van der Waals surface area contributed by atoms with Gasteiger partial charge in [-0.2, -0.15) is 0 Å². The molecule has 0 saturated heterocycles. The molecule has 0 radical (unpaired) electrons. The Bertz CT molecular complexity index is 352. The zero-order chi connectivity index (χ0) is 14.1. The number of oxime groups is 1. The van der Waals surface area contributed by atoms with Gasteiger partial charge in [-0.1, -0.05) is 32.9 Å². The van der Waals surface area contributed by atoms with Gasteiger partial charge in [0, 0.05) is 13.6 Å². The lowest BCUT2D eigenvalue weighted by Gasteiger charge is -2.46. The third-order valence-corrected chi connectivity index (χ3v) is 3.46. The molecule has 1 saturated carbocycles. The van der Waals surface area contributed by atoms with Crippen LogP contribution in [0.3, 0.4) is 0 Å². The lowest BCUT2D eigenvalue weighted by atomic mass is 9.61. The molecule has 0 aliphatic heterocycles. The lowest BCUT2D eigenvalue weighted by molar-refractivity contribution is -0.144. The number of nitrogens with zero attached hydrogens (tertiary/aromatic N) is 2. The second-order valence-corrected chi connectivity index (χ2v) is 6.80. The van der Waals surface area contributed by atoms with E-state index in [4.69, 9.17) is 10.9 Å². The molecule has 0 unspecified atom stereocenters. The van der Waals surface area contributed by atoms with Crippen LogP contribution < -0.4 is 5.73 Å². The molecule has 104 valence electrons. The van der Waals surface area contributed by atoms with Gasteiger partial charge in [-0.15, -0.1) is 0 Å². The summed E-state index contributed by atoms with van der Waals surface area (Å²) in [6, 6.07) is 0. The summed E-state index contributed by atoms with van der Waals surface area (Å²) in [5.74, 6) is 0.453. The Hall–Kier alpha value is -1.26. The smallest absolute Gasteiger partial charge is 0.236 e. The van der Waals surface area contributed by atoms with Gasteiger partial charge in [0.05, 0.1) is 0 Å². The molecule has 3 N–H and O–H groups in total. The first-order valence-electron chi connectivity index (χ1n) is 6.36. The van der Waals surface area contributed by atoms with Gasteiger partial charge in [0.1, 0.15) is 5.41 Å². The van der Waals surface area contributed by atoms with Gasteiger partial charge in [-0.25, -0.2) is 0 Å². The molecule has 0 bridgehead atoms. The lowest BCUT2D eigenvalue weighted by Crippen LogP contribution is -2.57. The molecule has 1 aliphatic carbocycles. The van der Waals surface area contributed by atoms with Crippen LogP contribution in [0.25, 0.3) is 0 Å². The number of hydrogen-bond donors (Lipinski definition) is 2. The number of amides is 1. The highest BCUT2D eigenvalue weighted by Gasteiger charge is 2.53. The maximum absolute atomic E-state index is 12.5. The highest BCUT2D eigenvalue weighted by Crippen LogP contribution is 2.47. The van der Waals surface area contributed by atoms with Crippen molar-refractivity contribution in [2.24, 2.45) is 27.6 Å². The number of rotatable bonds is 3. The molecule has 0 spiro atoms. The van der Waals surface area contributed by atoms with Gasteiger partial charge >= 0.3 is 0 Å². The fraction of sp³-hybridized carbons (Fsp3) is 0.846. The summed E-state index contributed by atoms with van der Waals surface area (Å²) in [5.41, 5.74) is 4.98. The predicted molar refractivity (Wildman–Crippen MR) is 71.3 cm³/mol. The van der Waals surface area contributed by atoms with E-state index in [1.54, 1.807) is 11.9 Å². The molecular weight excluding hydrogens is 230 g/mol. The molecule has 5 nitrogen and oxygen atoms in total. The fourth-order valence-corrected chi connectivity index (χ4v) is 2.87. The first kappa shape index (κ1) is 14.8. The number of amidine groups is 1. The molecular formula is C13H25N3O2. The fourth-order valence-electron chi connectivity index (χ4n) is 2.87. The van der Waals surface area contributed by atoms with Crippen molar-refractivity contribution < 1.29 is 10.0 Å². The first-order valence-corrected chi connectivity index (χ1v) is 6.36. The molecule has 0 atom stereocenters. The van der Waals surface area contributed by atoms with E-state index in [-0.39, 0.29) is 17.2 Å². The largest absolute Gasteiger partial charge is 0.409 e. The Kier molecular flexibility index (Phi) is 3.93. The van der Waals surface area contributed by atoms with E-state index in [2.05, 4.69) is 32.9 Å². The molecule has 0 aromatic rings. The van der Waals surface area contributed by atoms with Crippen molar-refractivity contribution in [2.75, 3.05) is 13.6 Å². The van der Waals surface area contributed by atoms with Crippen molar-refractivity contribution in [1.82, 2.24) is 4.90 Å². The Morgan fingerprint density at radius 1 is 1.50 bits per heavy atom. The molecule has 1 amide bonds. The van der Waals surface area contributed by atoms with Gasteiger partial charge in [0.2, 0.25) is 5.91 Å². The standard InChI is InChI=1S/C13H25N3O2/c1-9-6-13(7-9,10(14)15-18)11(17)16(5)8-12(2,3)4/h9,18H,6-8H2,1-5H3,(H2,14,15). The summed E-state index contributed by atoms with van der Waals surface area (Å²) >= 11 is 0. The van der Waals surface area contributed by atoms with Gasteiger partial charge < -0.3 is 15.8 Å². The van der Waals surface area contributed by atoms with Crippen LogP contribution in [-0.4, -0.2) is 35.4 Å². The van der Waals surface area contributed by atoms with Crippen LogP contribution in [0.2, 0.25) is 0 Å². The number of nitrogens with two attached hydrogens (primary N) is 1. The summed E-state index contributed by atoms with van der Waals surface area (Å²) in [5, 5.41) is 11.9. The third kappa shape index (κ3) is 2.76. The van der Waals surface area contributed by atoms with Crippen molar-refractivity contribution in [2.45, 2.75) is 40.5 Å². The Morgan fingerprint density at radius 2 is 2.00 bits per heavy atom. The van der Waals surface area contributed by atoms with Crippen LogP contribution in [-0.2, 0) is 4.79 Å². The summed E-state index contributed by atoms with van der Waals surface area (Å²) in [6.07, 6.45) is 1.33. The number of hydrogen-bond acceptors (Lipinski definition) is 3. The highest BCUT2D eigenvalue weighted by molar-refractivity contribution is 6.07.